The molecule has 2 amide bonds. The lowest BCUT2D eigenvalue weighted by Crippen LogP contribution is -2.51. The zero-order chi connectivity index (χ0) is 17.7. The Bertz CT molecular complexity index is 593. The number of carbonyl (C=O) groups excluding carboxylic acids is 2. The van der Waals surface area contributed by atoms with Crippen molar-refractivity contribution in [1.82, 2.24) is 10.2 Å². The number of benzene rings is 1. The van der Waals surface area contributed by atoms with Gasteiger partial charge in [0.05, 0.1) is 12.5 Å². The predicted octanol–water partition coefficient (Wildman–Crippen LogP) is 1.42. The molecule has 1 aromatic carbocycles. The third-order valence-corrected chi connectivity index (χ3v) is 4.06. The van der Waals surface area contributed by atoms with Crippen molar-refractivity contribution in [2.24, 2.45) is 5.92 Å². The topological polar surface area (TPSA) is 69.6 Å². The molecule has 8 heteroatoms. The predicted molar refractivity (Wildman–Crippen MR) is 80.1 cm³/mol. The van der Waals surface area contributed by atoms with E-state index in [-0.39, 0.29) is 37.5 Å². The van der Waals surface area contributed by atoms with Gasteiger partial charge >= 0.3 is 0 Å². The number of aliphatic hydroxyl groups excluding tert-OH is 1. The molecule has 1 saturated heterocycles. The van der Waals surface area contributed by atoms with Crippen molar-refractivity contribution in [1.29, 1.82) is 0 Å². The summed E-state index contributed by atoms with van der Waals surface area (Å²) in [7, 11) is 0. The van der Waals surface area contributed by atoms with Crippen LogP contribution in [-0.2, 0) is 4.79 Å². The van der Waals surface area contributed by atoms with E-state index in [1.807, 2.05) is 0 Å². The average molecular weight is 344 g/mol. The molecule has 1 aliphatic rings. The highest BCUT2D eigenvalue weighted by Crippen LogP contribution is 2.33. The second-order valence-electron chi connectivity index (χ2n) is 5.74. The molecule has 2 rings (SSSR count). The Morgan fingerprint density at radius 1 is 1.29 bits per heavy atom. The van der Waals surface area contributed by atoms with Gasteiger partial charge in [0.15, 0.2) is 0 Å². The summed E-state index contributed by atoms with van der Waals surface area (Å²) in [4.78, 5) is 25.1. The number of likely N-dealkylation sites (tertiary alicyclic amines) is 1. The second-order valence-corrected chi connectivity index (χ2v) is 5.74. The van der Waals surface area contributed by atoms with E-state index >= 15 is 0 Å². The number of aliphatic hydroxyl groups is 1. The Kier molecular flexibility index (Phi) is 5.82. The summed E-state index contributed by atoms with van der Waals surface area (Å²) >= 11 is 0. The first kappa shape index (κ1) is 18.3. The molecule has 24 heavy (non-hydrogen) atoms. The molecule has 1 aliphatic heterocycles. The Morgan fingerprint density at radius 3 is 2.58 bits per heavy atom. The van der Waals surface area contributed by atoms with Gasteiger partial charge in [0.25, 0.3) is 11.8 Å². The summed E-state index contributed by atoms with van der Waals surface area (Å²) in [5.74, 6) is -5.49. The van der Waals surface area contributed by atoms with Crippen LogP contribution in [0.5, 0.6) is 0 Å². The molecule has 0 aromatic heterocycles. The van der Waals surface area contributed by atoms with Gasteiger partial charge in [0.1, 0.15) is 5.82 Å². The number of rotatable bonds is 5. The SMILES string of the molecule is O=C(NCCC(=O)N1CCC(F)(F)C(CO)C1)c1ccc(F)cc1. The van der Waals surface area contributed by atoms with E-state index in [1.165, 1.54) is 17.0 Å². The van der Waals surface area contributed by atoms with Crippen LogP contribution in [0, 0.1) is 11.7 Å². The van der Waals surface area contributed by atoms with Crippen LogP contribution in [0.2, 0.25) is 0 Å². The molecule has 1 heterocycles. The summed E-state index contributed by atoms with van der Waals surface area (Å²) in [6, 6.07) is 4.96. The summed E-state index contributed by atoms with van der Waals surface area (Å²) in [6.45, 7) is -0.910. The molecule has 1 atom stereocenters. The first-order valence-electron chi connectivity index (χ1n) is 7.63. The minimum Gasteiger partial charge on any atom is -0.396 e. The fraction of sp³-hybridized carbons (Fsp3) is 0.500. The number of hydrogen-bond acceptors (Lipinski definition) is 3. The second kappa shape index (κ2) is 7.65. The monoisotopic (exact) mass is 344 g/mol. The van der Waals surface area contributed by atoms with Crippen LogP contribution < -0.4 is 5.32 Å². The Labute approximate surface area is 137 Å². The highest BCUT2D eigenvalue weighted by Gasteiger charge is 2.44. The first-order valence-corrected chi connectivity index (χ1v) is 7.63. The molecule has 132 valence electrons. The summed E-state index contributed by atoms with van der Waals surface area (Å²) in [5.41, 5.74) is 0.266. The van der Waals surface area contributed by atoms with Gasteiger partial charge in [-0.1, -0.05) is 0 Å². The van der Waals surface area contributed by atoms with E-state index in [1.54, 1.807) is 0 Å². The molecule has 2 N–H and O–H groups in total. The van der Waals surface area contributed by atoms with Crippen LogP contribution in [-0.4, -0.2) is 54.0 Å². The maximum absolute atomic E-state index is 13.5. The summed E-state index contributed by atoms with van der Waals surface area (Å²) < 4.78 is 39.8. The zero-order valence-corrected chi connectivity index (χ0v) is 13.0. The minimum absolute atomic E-state index is 0.0311. The van der Waals surface area contributed by atoms with Gasteiger partial charge in [-0.3, -0.25) is 9.59 Å². The van der Waals surface area contributed by atoms with Gasteiger partial charge in [-0.25, -0.2) is 13.2 Å². The molecular weight excluding hydrogens is 325 g/mol. The molecule has 0 bridgehead atoms. The van der Waals surface area contributed by atoms with Crippen LogP contribution in [0.3, 0.4) is 0 Å². The van der Waals surface area contributed by atoms with Gasteiger partial charge in [-0.15, -0.1) is 0 Å². The van der Waals surface area contributed by atoms with E-state index in [2.05, 4.69) is 5.32 Å². The number of alkyl halides is 2. The third kappa shape index (κ3) is 4.47. The van der Waals surface area contributed by atoms with E-state index in [0.717, 1.165) is 12.1 Å². The van der Waals surface area contributed by atoms with E-state index in [4.69, 9.17) is 5.11 Å². The smallest absolute Gasteiger partial charge is 0.256 e. The van der Waals surface area contributed by atoms with E-state index in [0.29, 0.717) is 0 Å². The van der Waals surface area contributed by atoms with Crippen molar-refractivity contribution in [3.63, 3.8) is 0 Å². The van der Waals surface area contributed by atoms with Gasteiger partial charge < -0.3 is 15.3 Å². The van der Waals surface area contributed by atoms with Crippen molar-refractivity contribution in [2.75, 3.05) is 26.2 Å². The number of carbonyl (C=O) groups is 2. The average Bonchev–Trinajstić information content (AvgIpc) is 2.55. The third-order valence-electron chi connectivity index (χ3n) is 4.06. The molecule has 0 radical (unpaired) electrons. The van der Waals surface area contributed by atoms with Gasteiger partial charge in [-0.2, -0.15) is 0 Å². The Hall–Kier alpha value is -2.09. The quantitative estimate of drug-likeness (QED) is 0.849. The van der Waals surface area contributed by atoms with Crippen LogP contribution in [0.15, 0.2) is 24.3 Å². The molecule has 1 unspecified atom stereocenters. The normalized spacial score (nSPS) is 19.8. The van der Waals surface area contributed by atoms with Crippen LogP contribution >= 0.6 is 0 Å². The number of halogens is 3. The largest absolute Gasteiger partial charge is 0.396 e. The summed E-state index contributed by atoms with van der Waals surface area (Å²) in [6.07, 6.45) is -0.511. The number of amides is 2. The molecular formula is C16H19F3N2O3. The van der Waals surface area contributed by atoms with Crippen molar-refractivity contribution in [3.8, 4) is 0 Å². The molecule has 1 aromatic rings. The van der Waals surface area contributed by atoms with Gasteiger partial charge in [-0.05, 0) is 24.3 Å². The van der Waals surface area contributed by atoms with E-state index < -0.39 is 36.6 Å². The fourth-order valence-corrected chi connectivity index (χ4v) is 2.54. The molecule has 0 spiro atoms. The van der Waals surface area contributed by atoms with Crippen molar-refractivity contribution >= 4 is 11.8 Å². The number of piperidine rings is 1. The summed E-state index contributed by atoms with van der Waals surface area (Å²) in [5, 5.41) is 11.5. The van der Waals surface area contributed by atoms with Crippen molar-refractivity contribution < 1.29 is 27.9 Å². The van der Waals surface area contributed by atoms with Gasteiger partial charge in [0, 0.05) is 38.0 Å². The number of hydrogen-bond donors (Lipinski definition) is 2. The number of nitrogens with one attached hydrogen (secondary N) is 1. The minimum atomic E-state index is -2.97. The molecule has 0 saturated carbocycles. The van der Waals surface area contributed by atoms with Crippen LogP contribution in [0.4, 0.5) is 13.2 Å². The molecule has 5 nitrogen and oxygen atoms in total. The Balaban J connectivity index is 1.79. The molecule has 1 fully saturated rings. The lowest BCUT2D eigenvalue weighted by Gasteiger charge is -2.37. The lowest BCUT2D eigenvalue weighted by molar-refractivity contribution is -0.149. The van der Waals surface area contributed by atoms with Crippen LogP contribution in [0.1, 0.15) is 23.2 Å². The Morgan fingerprint density at radius 2 is 1.96 bits per heavy atom. The first-order chi connectivity index (χ1) is 11.3. The number of nitrogens with zero attached hydrogens (tertiary/aromatic N) is 1. The van der Waals surface area contributed by atoms with Crippen molar-refractivity contribution in [2.45, 2.75) is 18.8 Å². The van der Waals surface area contributed by atoms with Crippen molar-refractivity contribution in [3.05, 3.63) is 35.6 Å². The maximum Gasteiger partial charge on any atom is 0.256 e. The highest BCUT2D eigenvalue weighted by atomic mass is 19.3. The standard InChI is InChI=1S/C16H19F3N2O3/c17-13-3-1-11(2-4-13)15(24)20-7-5-14(23)21-8-6-16(18,19)12(9-21)10-22/h1-4,12,22H,5-10H2,(H,20,24). The fourth-order valence-electron chi connectivity index (χ4n) is 2.54. The maximum atomic E-state index is 13.5. The highest BCUT2D eigenvalue weighted by molar-refractivity contribution is 5.94. The van der Waals surface area contributed by atoms with E-state index in [9.17, 15) is 22.8 Å². The molecule has 0 aliphatic carbocycles. The van der Waals surface area contributed by atoms with Gasteiger partial charge in [0.2, 0.25) is 5.91 Å². The zero-order valence-electron chi connectivity index (χ0n) is 13.0. The lowest BCUT2D eigenvalue weighted by atomic mass is 9.94. The van der Waals surface area contributed by atoms with Crippen LogP contribution in [0.25, 0.3) is 0 Å².